The van der Waals surface area contributed by atoms with Gasteiger partial charge in [0.2, 0.25) is 0 Å². The largest absolute Gasteiger partial charge is 0.469 e. The third-order valence-corrected chi connectivity index (χ3v) is 5.47. The van der Waals surface area contributed by atoms with Crippen molar-refractivity contribution in [2.24, 2.45) is 0 Å². The van der Waals surface area contributed by atoms with Gasteiger partial charge in [-0.1, -0.05) is 40.6 Å². The zero-order valence-electron chi connectivity index (χ0n) is 15.0. The molecule has 1 aromatic carbocycles. The Morgan fingerprint density at radius 1 is 1.26 bits per heavy atom. The first kappa shape index (κ1) is 19.5. The number of allylic oxidation sites excluding steroid dienone is 4. The number of alkyl halides is 1. The van der Waals surface area contributed by atoms with Crippen molar-refractivity contribution < 1.29 is 18.7 Å². The minimum atomic E-state index is -0.307. The fourth-order valence-corrected chi connectivity index (χ4v) is 3.69. The summed E-state index contributed by atoms with van der Waals surface area (Å²) in [6.07, 6.45) is 10.4. The zero-order valence-corrected chi connectivity index (χ0v) is 16.6. The number of ketones is 1. The molecule has 0 spiro atoms. The minimum absolute atomic E-state index is 0.0398. The standard InChI is InChI=1S/C21H21BrFNO3/c1-27-20(25)5-3-2-4-17-12-18-14(6-11-19(22)21(18)26)13-24(17)16-9-7-15(23)8-10-16/h6-13,17,19H,2-5H2,1H3. The highest BCUT2D eigenvalue weighted by Crippen LogP contribution is 2.33. The van der Waals surface area contributed by atoms with Crippen LogP contribution in [0.4, 0.5) is 10.1 Å². The van der Waals surface area contributed by atoms with E-state index in [9.17, 15) is 14.0 Å². The summed E-state index contributed by atoms with van der Waals surface area (Å²) in [5, 5.41) is 0. The van der Waals surface area contributed by atoms with Crippen molar-refractivity contribution in [2.75, 3.05) is 12.0 Å². The molecule has 0 saturated heterocycles. The molecule has 1 heterocycles. The molecular formula is C21H21BrFNO3. The summed E-state index contributed by atoms with van der Waals surface area (Å²) in [7, 11) is 1.38. The van der Waals surface area contributed by atoms with Crippen molar-refractivity contribution in [3.05, 3.63) is 65.7 Å². The van der Waals surface area contributed by atoms with Crippen LogP contribution in [0.5, 0.6) is 0 Å². The van der Waals surface area contributed by atoms with Crippen molar-refractivity contribution in [1.82, 2.24) is 0 Å². The van der Waals surface area contributed by atoms with Gasteiger partial charge in [-0.15, -0.1) is 0 Å². The maximum atomic E-state index is 13.3. The van der Waals surface area contributed by atoms with Crippen molar-refractivity contribution in [1.29, 1.82) is 0 Å². The molecule has 0 saturated carbocycles. The summed E-state index contributed by atoms with van der Waals surface area (Å²) in [5.74, 6) is -0.462. The first-order valence-corrected chi connectivity index (χ1v) is 9.82. The molecule has 0 bridgehead atoms. The van der Waals surface area contributed by atoms with Gasteiger partial charge in [0.25, 0.3) is 0 Å². The quantitative estimate of drug-likeness (QED) is 0.377. The number of ether oxygens (including phenoxy) is 1. The van der Waals surface area contributed by atoms with Gasteiger partial charge in [-0.25, -0.2) is 4.39 Å². The molecule has 0 radical (unpaired) electrons. The maximum absolute atomic E-state index is 13.3. The fraction of sp³-hybridized carbons (Fsp3) is 0.333. The molecule has 142 valence electrons. The van der Waals surface area contributed by atoms with Gasteiger partial charge in [0, 0.05) is 29.5 Å². The zero-order chi connectivity index (χ0) is 19.4. The lowest BCUT2D eigenvalue weighted by Gasteiger charge is -2.35. The van der Waals surface area contributed by atoms with E-state index >= 15 is 0 Å². The third-order valence-electron chi connectivity index (χ3n) is 4.75. The summed E-state index contributed by atoms with van der Waals surface area (Å²) in [5.41, 5.74) is 2.42. The molecule has 0 fully saturated rings. The highest BCUT2D eigenvalue weighted by molar-refractivity contribution is 9.10. The van der Waals surface area contributed by atoms with Gasteiger partial charge in [0.1, 0.15) is 5.82 Å². The Bertz CT molecular complexity index is 813. The predicted molar refractivity (Wildman–Crippen MR) is 106 cm³/mol. The normalized spacial score (nSPS) is 21.4. The second kappa shape index (κ2) is 8.65. The number of carbonyl (C=O) groups excluding carboxylic acids is 2. The molecular weight excluding hydrogens is 413 g/mol. The summed E-state index contributed by atoms with van der Waals surface area (Å²) in [4.78, 5) is 25.6. The number of hydrogen-bond acceptors (Lipinski definition) is 4. The van der Waals surface area contributed by atoms with Crippen LogP contribution in [0.3, 0.4) is 0 Å². The average Bonchev–Trinajstić information content (AvgIpc) is 2.68. The SMILES string of the molecule is COC(=O)CCCCC1C=C2C(=O)C(Br)C=CC2=CN1c1ccc(F)cc1. The third kappa shape index (κ3) is 4.56. The van der Waals surface area contributed by atoms with Gasteiger partial charge in [-0.05, 0) is 37.1 Å². The number of hydrogen-bond donors (Lipinski definition) is 0. The van der Waals surface area contributed by atoms with Crippen LogP contribution < -0.4 is 4.90 Å². The average molecular weight is 434 g/mol. The van der Waals surface area contributed by atoms with Crippen LogP contribution in [0.15, 0.2) is 59.8 Å². The summed E-state index contributed by atoms with van der Waals surface area (Å²) >= 11 is 3.38. The molecule has 6 heteroatoms. The van der Waals surface area contributed by atoms with Gasteiger partial charge in [0.15, 0.2) is 5.78 Å². The number of anilines is 1. The van der Waals surface area contributed by atoms with Crippen LogP contribution >= 0.6 is 15.9 Å². The van der Waals surface area contributed by atoms with Crippen LogP contribution in [0.1, 0.15) is 25.7 Å². The number of fused-ring (bicyclic) bond motifs is 1. The summed E-state index contributed by atoms with van der Waals surface area (Å²) in [6.45, 7) is 0. The molecule has 27 heavy (non-hydrogen) atoms. The lowest BCUT2D eigenvalue weighted by Crippen LogP contribution is -2.35. The van der Waals surface area contributed by atoms with E-state index in [1.807, 2.05) is 24.4 Å². The number of Topliss-reactive ketones (excluding diaryl/α,β-unsaturated/α-hetero) is 1. The van der Waals surface area contributed by atoms with E-state index in [4.69, 9.17) is 0 Å². The molecule has 0 aromatic heterocycles. The smallest absolute Gasteiger partial charge is 0.305 e. The molecule has 1 aromatic rings. The molecule has 1 aliphatic heterocycles. The first-order chi connectivity index (χ1) is 13.0. The highest BCUT2D eigenvalue weighted by Gasteiger charge is 2.30. The monoisotopic (exact) mass is 433 g/mol. The first-order valence-electron chi connectivity index (χ1n) is 8.91. The molecule has 4 nitrogen and oxygen atoms in total. The van der Waals surface area contributed by atoms with Gasteiger partial charge in [0.05, 0.1) is 18.0 Å². The summed E-state index contributed by atoms with van der Waals surface area (Å²) in [6, 6.07) is 6.28. The van der Waals surface area contributed by atoms with Crippen LogP contribution in [-0.4, -0.2) is 29.7 Å². The molecule has 0 amide bonds. The fourth-order valence-electron chi connectivity index (χ4n) is 3.29. The Hall–Kier alpha value is -2.21. The van der Waals surface area contributed by atoms with E-state index in [0.717, 1.165) is 30.5 Å². The molecule has 2 aliphatic rings. The van der Waals surface area contributed by atoms with Crippen molar-refractivity contribution >= 4 is 33.4 Å². The van der Waals surface area contributed by atoms with Gasteiger partial charge in [-0.3, -0.25) is 9.59 Å². The molecule has 3 rings (SSSR count). The van der Waals surface area contributed by atoms with Crippen LogP contribution in [0.25, 0.3) is 0 Å². The Morgan fingerprint density at radius 3 is 2.70 bits per heavy atom. The van der Waals surface area contributed by atoms with Crippen molar-refractivity contribution in [2.45, 2.75) is 36.6 Å². The number of esters is 1. The van der Waals surface area contributed by atoms with E-state index in [-0.39, 0.29) is 28.4 Å². The second-order valence-corrected chi connectivity index (χ2v) is 7.55. The molecule has 2 atom stereocenters. The Balaban J connectivity index is 1.82. The van der Waals surface area contributed by atoms with Gasteiger partial charge >= 0.3 is 5.97 Å². The van der Waals surface area contributed by atoms with Crippen LogP contribution in [0.2, 0.25) is 0 Å². The van der Waals surface area contributed by atoms with Gasteiger partial charge in [-0.2, -0.15) is 0 Å². The number of methoxy groups -OCH3 is 1. The number of benzene rings is 1. The highest BCUT2D eigenvalue weighted by atomic mass is 79.9. The van der Waals surface area contributed by atoms with Crippen LogP contribution in [-0.2, 0) is 14.3 Å². The van der Waals surface area contributed by atoms with Crippen molar-refractivity contribution in [3.63, 3.8) is 0 Å². The number of rotatable bonds is 6. The van der Waals surface area contributed by atoms with E-state index in [1.54, 1.807) is 12.1 Å². The maximum Gasteiger partial charge on any atom is 0.305 e. The van der Waals surface area contributed by atoms with E-state index in [2.05, 4.69) is 25.6 Å². The van der Waals surface area contributed by atoms with E-state index < -0.39 is 0 Å². The van der Waals surface area contributed by atoms with Crippen LogP contribution in [0, 0.1) is 5.82 Å². The second-order valence-electron chi connectivity index (χ2n) is 6.56. The van der Waals surface area contributed by atoms with Gasteiger partial charge < -0.3 is 9.64 Å². The summed E-state index contributed by atoms with van der Waals surface area (Å²) < 4.78 is 18.0. The Labute approximate surface area is 166 Å². The molecule has 0 N–H and O–H groups in total. The lowest BCUT2D eigenvalue weighted by molar-refractivity contribution is -0.140. The van der Waals surface area contributed by atoms with E-state index in [1.165, 1.54) is 19.2 Å². The topological polar surface area (TPSA) is 46.6 Å². The Morgan fingerprint density at radius 2 is 2.00 bits per heavy atom. The predicted octanol–water partition coefficient (Wildman–Crippen LogP) is 4.46. The Kier molecular flexibility index (Phi) is 6.26. The minimum Gasteiger partial charge on any atom is -0.469 e. The molecule has 2 unspecified atom stereocenters. The lowest BCUT2D eigenvalue weighted by atomic mass is 9.88. The van der Waals surface area contributed by atoms with Crippen molar-refractivity contribution in [3.8, 4) is 0 Å². The van der Waals surface area contributed by atoms with E-state index in [0.29, 0.717) is 12.0 Å². The number of unbranched alkanes of at least 4 members (excludes halogenated alkanes) is 1. The number of carbonyl (C=O) groups is 2. The molecule has 1 aliphatic carbocycles. The number of halogens is 2. The number of nitrogens with zero attached hydrogens (tertiary/aromatic N) is 1.